The molecule has 118 valence electrons. The van der Waals surface area contributed by atoms with E-state index >= 15 is 0 Å². The molecule has 1 heterocycles. The number of hydrogen-bond acceptors (Lipinski definition) is 5. The maximum atomic E-state index is 11.9. The molecule has 1 amide bonds. The van der Waals surface area contributed by atoms with Crippen LogP contribution in [0.5, 0.6) is 0 Å². The SMILES string of the molecule is COCc1cccc(NC(=O)CNS(=O)(=O)c2cccs2)c1. The summed E-state index contributed by atoms with van der Waals surface area (Å²) in [6.45, 7) is 0.115. The van der Waals surface area contributed by atoms with Gasteiger partial charge >= 0.3 is 0 Å². The van der Waals surface area contributed by atoms with Gasteiger partial charge < -0.3 is 10.1 Å². The number of carbonyl (C=O) groups is 1. The fourth-order valence-corrected chi connectivity index (χ4v) is 3.78. The Labute approximate surface area is 133 Å². The Kier molecular flexibility index (Phi) is 5.67. The Bertz CT molecular complexity index is 727. The van der Waals surface area contributed by atoms with E-state index < -0.39 is 15.9 Å². The van der Waals surface area contributed by atoms with Gasteiger partial charge in [-0.15, -0.1) is 11.3 Å². The number of hydrogen-bond donors (Lipinski definition) is 2. The van der Waals surface area contributed by atoms with Crippen LogP contribution in [0.1, 0.15) is 5.56 Å². The summed E-state index contributed by atoms with van der Waals surface area (Å²) in [5, 5.41) is 4.30. The molecule has 0 atom stereocenters. The van der Waals surface area contributed by atoms with E-state index in [1.54, 1.807) is 36.8 Å². The number of ether oxygens (including phenoxy) is 1. The highest BCUT2D eigenvalue weighted by Gasteiger charge is 2.16. The molecular formula is C14H16N2O4S2. The third kappa shape index (κ3) is 4.63. The van der Waals surface area contributed by atoms with E-state index in [4.69, 9.17) is 4.74 Å². The summed E-state index contributed by atoms with van der Waals surface area (Å²) in [6.07, 6.45) is 0. The normalized spacial score (nSPS) is 11.3. The lowest BCUT2D eigenvalue weighted by Crippen LogP contribution is -2.32. The van der Waals surface area contributed by atoms with Crippen molar-refractivity contribution >= 4 is 33.0 Å². The summed E-state index contributed by atoms with van der Waals surface area (Å²) < 4.78 is 31.3. The van der Waals surface area contributed by atoms with Crippen LogP contribution in [0.4, 0.5) is 5.69 Å². The number of benzene rings is 1. The minimum absolute atomic E-state index is 0.183. The second-order valence-electron chi connectivity index (χ2n) is 4.44. The summed E-state index contributed by atoms with van der Waals surface area (Å²) in [5.74, 6) is -0.435. The molecule has 0 bridgehead atoms. The van der Waals surface area contributed by atoms with Gasteiger partial charge in [-0.1, -0.05) is 18.2 Å². The van der Waals surface area contributed by atoms with Crippen molar-refractivity contribution in [2.24, 2.45) is 0 Å². The van der Waals surface area contributed by atoms with Gasteiger partial charge in [-0.2, -0.15) is 0 Å². The molecule has 0 saturated carbocycles. The van der Waals surface area contributed by atoms with Crippen LogP contribution in [0.2, 0.25) is 0 Å². The van der Waals surface area contributed by atoms with Crippen LogP contribution in [0.25, 0.3) is 0 Å². The molecule has 0 fully saturated rings. The Morgan fingerprint density at radius 2 is 2.09 bits per heavy atom. The highest BCUT2D eigenvalue weighted by molar-refractivity contribution is 7.91. The van der Waals surface area contributed by atoms with Crippen LogP contribution in [-0.2, 0) is 26.2 Å². The first-order valence-corrected chi connectivity index (χ1v) is 8.78. The monoisotopic (exact) mass is 340 g/mol. The fraction of sp³-hybridized carbons (Fsp3) is 0.214. The molecule has 0 aliphatic carbocycles. The number of anilines is 1. The van der Waals surface area contributed by atoms with Crippen molar-refractivity contribution in [3.8, 4) is 0 Å². The zero-order valence-electron chi connectivity index (χ0n) is 11.9. The number of rotatable bonds is 7. The summed E-state index contributed by atoms with van der Waals surface area (Å²) in [6, 6.07) is 10.3. The number of amides is 1. The van der Waals surface area contributed by atoms with Crippen molar-refractivity contribution in [3.63, 3.8) is 0 Å². The molecule has 0 unspecified atom stereocenters. The minimum atomic E-state index is -3.63. The van der Waals surface area contributed by atoms with E-state index in [1.165, 1.54) is 6.07 Å². The Balaban J connectivity index is 1.92. The van der Waals surface area contributed by atoms with Crippen LogP contribution < -0.4 is 10.0 Å². The predicted octanol–water partition coefficient (Wildman–Crippen LogP) is 1.81. The van der Waals surface area contributed by atoms with Gasteiger partial charge in [0, 0.05) is 12.8 Å². The lowest BCUT2D eigenvalue weighted by Gasteiger charge is -2.08. The van der Waals surface area contributed by atoms with Gasteiger partial charge in [0.1, 0.15) is 4.21 Å². The zero-order chi connectivity index (χ0) is 16.0. The Morgan fingerprint density at radius 1 is 1.27 bits per heavy atom. The average Bonchev–Trinajstić information content (AvgIpc) is 3.01. The third-order valence-electron chi connectivity index (χ3n) is 2.70. The molecule has 2 rings (SSSR count). The smallest absolute Gasteiger partial charge is 0.250 e. The summed E-state index contributed by atoms with van der Waals surface area (Å²) in [7, 11) is -2.05. The molecule has 6 nitrogen and oxygen atoms in total. The van der Waals surface area contributed by atoms with Crippen LogP contribution >= 0.6 is 11.3 Å². The van der Waals surface area contributed by atoms with Crippen LogP contribution in [0.15, 0.2) is 46.0 Å². The summed E-state index contributed by atoms with van der Waals surface area (Å²) in [5.41, 5.74) is 1.51. The molecule has 22 heavy (non-hydrogen) atoms. The van der Waals surface area contributed by atoms with Gasteiger partial charge in [-0.05, 0) is 29.1 Å². The zero-order valence-corrected chi connectivity index (χ0v) is 13.5. The van der Waals surface area contributed by atoms with Crippen molar-refractivity contribution in [2.75, 3.05) is 19.0 Å². The van der Waals surface area contributed by atoms with Crippen molar-refractivity contribution in [3.05, 3.63) is 47.3 Å². The highest BCUT2D eigenvalue weighted by atomic mass is 32.2. The topological polar surface area (TPSA) is 84.5 Å². The first-order chi connectivity index (χ1) is 10.5. The largest absolute Gasteiger partial charge is 0.380 e. The van der Waals surface area contributed by atoms with Crippen LogP contribution in [-0.4, -0.2) is 28.0 Å². The van der Waals surface area contributed by atoms with Crippen molar-refractivity contribution in [1.82, 2.24) is 4.72 Å². The van der Waals surface area contributed by atoms with E-state index in [0.717, 1.165) is 16.9 Å². The molecule has 0 spiro atoms. The van der Waals surface area contributed by atoms with Crippen LogP contribution in [0.3, 0.4) is 0 Å². The molecule has 0 radical (unpaired) electrons. The number of sulfonamides is 1. The van der Waals surface area contributed by atoms with E-state index in [0.29, 0.717) is 12.3 Å². The van der Waals surface area contributed by atoms with Gasteiger partial charge in [0.25, 0.3) is 10.0 Å². The second-order valence-corrected chi connectivity index (χ2v) is 7.38. The molecule has 1 aromatic heterocycles. The standard InChI is InChI=1S/C14H16N2O4S2/c1-20-10-11-4-2-5-12(8-11)16-13(17)9-15-22(18,19)14-6-3-7-21-14/h2-8,15H,9-10H2,1H3,(H,16,17). The Morgan fingerprint density at radius 3 is 2.77 bits per heavy atom. The van der Waals surface area contributed by atoms with E-state index in [2.05, 4.69) is 10.0 Å². The van der Waals surface area contributed by atoms with Gasteiger partial charge in [-0.25, -0.2) is 13.1 Å². The summed E-state index contributed by atoms with van der Waals surface area (Å²) >= 11 is 1.10. The number of nitrogens with one attached hydrogen (secondary N) is 2. The van der Waals surface area contributed by atoms with E-state index in [1.807, 2.05) is 6.07 Å². The van der Waals surface area contributed by atoms with Gasteiger partial charge in [0.05, 0.1) is 13.2 Å². The molecule has 2 aromatic rings. The number of carbonyl (C=O) groups excluding carboxylic acids is 1. The second kappa shape index (κ2) is 7.50. The highest BCUT2D eigenvalue weighted by Crippen LogP contribution is 2.15. The number of methoxy groups -OCH3 is 1. The summed E-state index contributed by atoms with van der Waals surface area (Å²) in [4.78, 5) is 11.8. The van der Waals surface area contributed by atoms with Gasteiger partial charge in [0.15, 0.2) is 0 Å². The minimum Gasteiger partial charge on any atom is -0.380 e. The molecule has 0 saturated heterocycles. The first kappa shape index (κ1) is 16.6. The van der Waals surface area contributed by atoms with E-state index in [-0.39, 0.29) is 10.8 Å². The van der Waals surface area contributed by atoms with Gasteiger partial charge in [0.2, 0.25) is 5.91 Å². The maximum absolute atomic E-state index is 11.9. The van der Waals surface area contributed by atoms with Crippen LogP contribution in [0, 0.1) is 0 Å². The first-order valence-electron chi connectivity index (χ1n) is 6.42. The average molecular weight is 340 g/mol. The molecule has 1 aromatic carbocycles. The fourth-order valence-electron chi connectivity index (χ4n) is 1.76. The van der Waals surface area contributed by atoms with E-state index in [9.17, 15) is 13.2 Å². The van der Waals surface area contributed by atoms with Crippen molar-refractivity contribution in [2.45, 2.75) is 10.8 Å². The molecule has 0 aliphatic heterocycles. The number of thiophene rings is 1. The van der Waals surface area contributed by atoms with Gasteiger partial charge in [-0.3, -0.25) is 4.79 Å². The van der Waals surface area contributed by atoms with Crippen molar-refractivity contribution < 1.29 is 17.9 Å². The molecular weight excluding hydrogens is 324 g/mol. The lowest BCUT2D eigenvalue weighted by atomic mass is 10.2. The molecule has 2 N–H and O–H groups in total. The third-order valence-corrected chi connectivity index (χ3v) is 5.50. The lowest BCUT2D eigenvalue weighted by molar-refractivity contribution is -0.115. The maximum Gasteiger partial charge on any atom is 0.250 e. The van der Waals surface area contributed by atoms with Crippen molar-refractivity contribution in [1.29, 1.82) is 0 Å². The predicted molar refractivity (Wildman–Crippen MR) is 85.3 cm³/mol. The quantitative estimate of drug-likeness (QED) is 0.805. The molecule has 8 heteroatoms. The Hall–Kier alpha value is -1.74. The molecule has 0 aliphatic rings.